The second-order valence-electron chi connectivity index (χ2n) is 5.85. The number of amides is 1. The maximum absolute atomic E-state index is 13.0. The van der Waals surface area contributed by atoms with Gasteiger partial charge in [-0.25, -0.2) is 0 Å². The number of para-hydroxylation sites is 2. The Balaban J connectivity index is 1.88. The van der Waals surface area contributed by atoms with Crippen LogP contribution in [0.5, 0.6) is 5.75 Å². The van der Waals surface area contributed by atoms with Gasteiger partial charge in [0, 0.05) is 11.1 Å². The Hall–Kier alpha value is -3.60. The van der Waals surface area contributed by atoms with E-state index in [9.17, 15) is 9.59 Å². The molecule has 1 amide bonds. The third-order valence-corrected chi connectivity index (χ3v) is 4.04. The summed E-state index contributed by atoms with van der Waals surface area (Å²) >= 11 is 0. The zero-order valence-corrected chi connectivity index (χ0v) is 14.9. The third kappa shape index (κ3) is 4.52. The van der Waals surface area contributed by atoms with Crippen molar-refractivity contribution in [3.8, 4) is 5.75 Å². The lowest BCUT2D eigenvalue weighted by atomic mass is 10.1. The van der Waals surface area contributed by atoms with Crippen molar-refractivity contribution in [2.45, 2.75) is 6.17 Å². The molecule has 0 unspecified atom stereocenters. The first-order valence-electron chi connectivity index (χ1n) is 8.54. The Morgan fingerprint density at radius 2 is 1.33 bits per heavy atom. The van der Waals surface area contributed by atoms with Crippen LogP contribution in [0, 0.1) is 0 Å². The molecule has 0 aliphatic carbocycles. The molecular formula is C22H20N2O3. The van der Waals surface area contributed by atoms with E-state index < -0.39 is 6.17 Å². The van der Waals surface area contributed by atoms with Crippen molar-refractivity contribution in [1.29, 1.82) is 0 Å². The molecule has 27 heavy (non-hydrogen) atoms. The standard InChI is InChI=1S/C22H20N2O3/c1-27-19-15-9-8-14-18(19)23-21(20(25)16-10-4-2-5-11-16)24-22(26)17-12-6-3-7-13-17/h2-15,21,23H,1H3,(H,24,26)/t21-/m0/s1. The number of hydrogen-bond donors (Lipinski definition) is 2. The molecule has 0 saturated heterocycles. The minimum Gasteiger partial charge on any atom is -0.495 e. The van der Waals surface area contributed by atoms with Gasteiger partial charge >= 0.3 is 0 Å². The van der Waals surface area contributed by atoms with E-state index in [1.54, 1.807) is 67.8 Å². The molecule has 3 rings (SSSR count). The highest BCUT2D eigenvalue weighted by atomic mass is 16.5. The first-order valence-corrected chi connectivity index (χ1v) is 8.54. The second kappa shape index (κ2) is 8.67. The first kappa shape index (κ1) is 18.2. The zero-order valence-electron chi connectivity index (χ0n) is 14.9. The van der Waals surface area contributed by atoms with Crippen molar-refractivity contribution in [1.82, 2.24) is 5.32 Å². The Bertz CT molecular complexity index is 911. The van der Waals surface area contributed by atoms with Crippen LogP contribution in [0.25, 0.3) is 0 Å². The Labute approximate surface area is 158 Å². The molecule has 0 fully saturated rings. The van der Waals surface area contributed by atoms with Crippen molar-refractivity contribution in [3.05, 3.63) is 96.1 Å². The molecule has 3 aromatic rings. The number of nitrogens with one attached hydrogen (secondary N) is 2. The summed E-state index contributed by atoms with van der Waals surface area (Å²) in [5, 5.41) is 5.87. The Morgan fingerprint density at radius 1 is 0.778 bits per heavy atom. The number of ketones is 1. The molecule has 136 valence electrons. The summed E-state index contributed by atoms with van der Waals surface area (Å²) in [4.78, 5) is 25.6. The minimum atomic E-state index is -0.948. The monoisotopic (exact) mass is 360 g/mol. The van der Waals surface area contributed by atoms with Gasteiger partial charge in [-0.3, -0.25) is 9.59 Å². The van der Waals surface area contributed by atoms with Crippen molar-refractivity contribution in [2.24, 2.45) is 0 Å². The molecule has 2 N–H and O–H groups in total. The summed E-state index contributed by atoms with van der Waals surface area (Å²) in [5.41, 5.74) is 1.59. The van der Waals surface area contributed by atoms with Crippen molar-refractivity contribution in [2.75, 3.05) is 12.4 Å². The third-order valence-electron chi connectivity index (χ3n) is 4.04. The summed E-state index contributed by atoms with van der Waals surface area (Å²) in [6.07, 6.45) is -0.948. The van der Waals surface area contributed by atoms with Gasteiger partial charge in [-0.05, 0) is 24.3 Å². The molecular weight excluding hydrogens is 340 g/mol. The highest BCUT2D eigenvalue weighted by molar-refractivity contribution is 6.05. The quantitative estimate of drug-likeness (QED) is 0.497. The van der Waals surface area contributed by atoms with Gasteiger partial charge < -0.3 is 15.4 Å². The van der Waals surface area contributed by atoms with Crippen molar-refractivity contribution < 1.29 is 14.3 Å². The molecule has 0 radical (unpaired) electrons. The van der Waals surface area contributed by atoms with Gasteiger partial charge in [0.25, 0.3) is 5.91 Å². The minimum absolute atomic E-state index is 0.245. The van der Waals surface area contributed by atoms with Crippen molar-refractivity contribution in [3.63, 3.8) is 0 Å². The van der Waals surface area contributed by atoms with E-state index in [0.717, 1.165) is 0 Å². The summed E-state index contributed by atoms with van der Waals surface area (Å²) in [5.74, 6) is -0.00427. The average Bonchev–Trinajstić information content (AvgIpc) is 2.74. The van der Waals surface area contributed by atoms with E-state index in [0.29, 0.717) is 22.6 Å². The summed E-state index contributed by atoms with van der Waals surface area (Å²) in [6, 6.07) is 24.8. The number of anilines is 1. The number of benzene rings is 3. The molecule has 0 aliphatic heterocycles. The average molecular weight is 360 g/mol. The molecule has 0 heterocycles. The van der Waals surface area contributed by atoms with Crippen LogP contribution in [0.2, 0.25) is 0 Å². The lowest BCUT2D eigenvalue weighted by Gasteiger charge is -2.21. The first-order chi connectivity index (χ1) is 13.2. The maximum Gasteiger partial charge on any atom is 0.253 e. The fourth-order valence-electron chi connectivity index (χ4n) is 2.66. The number of methoxy groups -OCH3 is 1. The van der Waals surface area contributed by atoms with Gasteiger partial charge in [0.1, 0.15) is 5.75 Å². The predicted molar refractivity (Wildman–Crippen MR) is 105 cm³/mol. The van der Waals surface area contributed by atoms with Crippen LogP contribution in [-0.4, -0.2) is 25.0 Å². The zero-order chi connectivity index (χ0) is 19.1. The number of rotatable bonds is 7. The normalized spacial score (nSPS) is 11.3. The number of Topliss-reactive ketones (excluding diaryl/α,β-unsaturated/α-hetero) is 1. The summed E-state index contributed by atoms with van der Waals surface area (Å²) in [6.45, 7) is 0. The van der Waals surface area contributed by atoms with Crippen LogP contribution in [0.4, 0.5) is 5.69 Å². The molecule has 0 spiro atoms. The van der Waals surface area contributed by atoms with Gasteiger partial charge in [0.15, 0.2) is 6.17 Å². The van der Waals surface area contributed by atoms with Gasteiger partial charge in [0.2, 0.25) is 5.78 Å². The topological polar surface area (TPSA) is 67.4 Å². The van der Waals surface area contributed by atoms with Crippen LogP contribution in [0.3, 0.4) is 0 Å². The molecule has 0 bridgehead atoms. The van der Waals surface area contributed by atoms with Crippen LogP contribution < -0.4 is 15.4 Å². The number of ether oxygens (including phenoxy) is 1. The number of hydrogen-bond acceptors (Lipinski definition) is 4. The highest BCUT2D eigenvalue weighted by Crippen LogP contribution is 2.24. The second-order valence-corrected chi connectivity index (χ2v) is 5.85. The lowest BCUT2D eigenvalue weighted by molar-refractivity contribution is 0.0869. The molecule has 5 nitrogen and oxygen atoms in total. The predicted octanol–water partition coefficient (Wildman–Crippen LogP) is 3.75. The number of carbonyl (C=O) groups excluding carboxylic acids is 2. The van der Waals surface area contributed by atoms with Crippen molar-refractivity contribution >= 4 is 17.4 Å². The molecule has 0 aliphatic rings. The summed E-state index contributed by atoms with van der Waals surface area (Å²) in [7, 11) is 1.55. The van der Waals surface area contributed by atoms with Crippen LogP contribution >= 0.6 is 0 Å². The summed E-state index contributed by atoms with van der Waals surface area (Å²) < 4.78 is 5.33. The van der Waals surface area contributed by atoms with Gasteiger partial charge in [-0.1, -0.05) is 60.7 Å². The molecule has 1 atom stereocenters. The maximum atomic E-state index is 13.0. The van der Waals surface area contributed by atoms with Crippen LogP contribution in [-0.2, 0) is 0 Å². The van der Waals surface area contributed by atoms with E-state index in [1.165, 1.54) is 0 Å². The Morgan fingerprint density at radius 3 is 1.96 bits per heavy atom. The van der Waals surface area contributed by atoms with E-state index in [4.69, 9.17) is 4.74 Å². The smallest absolute Gasteiger partial charge is 0.253 e. The highest BCUT2D eigenvalue weighted by Gasteiger charge is 2.23. The molecule has 3 aromatic carbocycles. The van der Waals surface area contributed by atoms with E-state index in [2.05, 4.69) is 10.6 Å². The molecule has 0 saturated carbocycles. The van der Waals surface area contributed by atoms with Gasteiger partial charge in [0.05, 0.1) is 12.8 Å². The molecule has 5 heteroatoms. The molecule has 0 aromatic heterocycles. The van der Waals surface area contributed by atoms with Crippen LogP contribution in [0.15, 0.2) is 84.9 Å². The largest absolute Gasteiger partial charge is 0.495 e. The Kier molecular flexibility index (Phi) is 5.84. The van der Waals surface area contributed by atoms with E-state index in [1.807, 2.05) is 24.3 Å². The van der Waals surface area contributed by atoms with Gasteiger partial charge in [-0.2, -0.15) is 0 Å². The van der Waals surface area contributed by atoms with Gasteiger partial charge in [-0.15, -0.1) is 0 Å². The number of carbonyl (C=O) groups is 2. The van der Waals surface area contributed by atoms with Crippen LogP contribution in [0.1, 0.15) is 20.7 Å². The fraction of sp³-hybridized carbons (Fsp3) is 0.0909. The SMILES string of the molecule is COc1ccccc1N[C@@H](NC(=O)c1ccccc1)C(=O)c1ccccc1. The van der Waals surface area contributed by atoms with E-state index >= 15 is 0 Å². The van der Waals surface area contributed by atoms with E-state index in [-0.39, 0.29) is 11.7 Å². The fourth-order valence-corrected chi connectivity index (χ4v) is 2.66. The lowest BCUT2D eigenvalue weighted by Crippen LogP contribution is -2.46.